The molecule has 0 saturated carbocycles. The van der Waals surface area contributed by atoms with E-state index in [0.717, 1.165) is 22.8 Å². The largest absolute Gasteiger partial charge is 0.508 e. The summed E-state index contributed by atoms with van der Waals surface area (Å²) in [6.45, 7) is 2.03. The molecule has 0 spiro atoms. The van der Waals surface area contributed by atoms with Gasteiger partial charge in [-0.25, -0.2) is 0 Å². The maximum absolute atomic E-state index is 9.45. The van der Waals surface area contributed by atoms with Crippen molar-refractivity contribution in [2.45, 2.75) is 13.3 Å². The molecule has 2 nitrogen and oxygen atoms in total. The zero-order valence-corrected chi connectivity index (χ0v) is 7.99. The first-order chi connectivity index (χ1) is 6.70. The van der Waals surface area contributed by atoms with Crippen LogP contribution < -0.4 is 0 Å². The smallest absolute Gasteiger partial charge is 0.116 e. The van der Waals surface area contributed by atoms with Crippen molar-refractivity contribution in [2.75, 3.05) is 0 Å². The van der Waals surface area contributed by atoms with Crippen LogP contribution in [-0.4, -0.2) is 10.2 Å². The van der Waals surface area contributed by atoms with Crippen LogP contribution in [0.15, 0.2) is 30.3 Å². The maximum atomic E-state index is 9.45. The third kappa shape index (κ3) is 1.39. The van der Waals surface area contributed by atoms with E-state index in [0.29, 0.717) is 0 Å². The number of phenolic OH excluding ortho intramolecular Hbond substituents is 2. The molecule has 72 valence electrons. The summed E-state index contributed by atoms with van der Waals surface area (Å²) in [5.41, 5.74) is 1.05. The molecule has 0 fully saturated rings. The minimum atomic E-state index is 0.262. The highest BCUT2D eigenvalue weighted by atomic mass is 16.3. The van der Waals surface area contributed by atoms with Crippen molar-refractivity contribution < 1.29 is 10.2 Å². The molecular formula is C12H12O2. The predicted molar refractivity (Wildman–Crippen MR) is 56.7 cm³/mol. The first-order valence-electron chi connectivity index (χ1n) is 4.65. The van der Waals surface area contributed by atoms with Crippen LogP contribution in [0.3, 0.4) is 0 Å². The Labute approximate surface area is 82.4 Å². The van der Waals surface area contributed by atoms with Crippen LogP contribution in [0, 0.1) is 0 Å². The molecule has 0 radical (unpaired) electrons. The highest BCUT2D eigenvalue weighted by Gasteiger charge is 2.02. The summed E-state index contributed by atoms with van der Waals surface area (Å²) >= 11 is 0. The van der Waals surface area contributed by atoms with E-state index in [9.17, 15) is 10.2 Å². The van der Waals surface area contributed by atoms with Crippen molar-refractivity contribution in [1.29, 1.82) is 0 Å². The van der Waals surface area contributed by atoms with E-state index >= 15 is 0 Å². The highest BCUT2D eigenvalue weighted by Crippen LogP contribution is 2.27. The van der Waals surface area contributed by atoms with Crippen LogP contribution in [0.1, 0.15) is 12.5 Å². The van der Waals surface area contributed by atoms with Crippen molar-refractivity contribution in [3.8, 4) is 11.5 Å². The van der Waals surface area contributed by atoms with Gasteiger partial charge in [0.2, 0.25) is 0 Å². The van der Waals surface area contributed by atoms with E-state index in [2.05, 4.69) is 0 Å². The second-order valence-electron chi connectivity index (χ2n) is 3.36. The van der Waals surface area contributed by atoms with Gasteiger partial charge in [0, 0.05) is 0 Å². The summed E-state index contributed by atoms with van der Waals surface area (Å²) in [6.07, 6.45) is 0.842. The average molecular weight is 188 g/mol. The van der Waals surface area contributed by atoms with E-state index in [-0.39, 0.29) is 11.5 Å². The number of aryl methyl sites for hydroxylation is 1. The molecule has 0 unspecified atom stereocenters. The number of fused-ring (bicyclic) bond motifs is 1. The molecule has 2 aromatic rings. The van der Waals surface area contributed by atoms with Crippen molar-refractivity contribution in [1.82, 2.24) is 0 Å². The summed E-state index contributed by atoms with van der Waals surface area (Å²) in [5, 5.41) is 20.8. The van der Waals surface area contributed by atoms with Gasteiger partial charge in [0.05, 0.1) is 0 Å². The molecule has 0 aliphatic carbocycles. The van der Waals surface area contributed by atoms with Crippen molar-refractivity contribution in [3.05, 3.63) is 35.9 Å². The lowest BCUT2D eigenvalue weighted by molar-refractivity contribution is 0.473. The fourth-order valence-corrected chi connectivity index (χ4v) is 1.70. The Kier molecular flexibility index (Phi) is 2.04. The maximum Gasteiger partial charge on any atom is 0.116 e. The van der Waals surface area contributed by atoms with Gasteiger partial charge >= 0.3 is 0 Å². The van der Waals surface area contributed by atoms with Crippen molar-refractivity contribution >= 4 is 10.8 Å². The second-order valence-corrected chi connectivity index (χ2v) is 3.36. The van der Waals surface area contributed by atoms with Crippen LogP contribution in [0.25, 0.3) is 10.8 Å². The van der Waals surface area contributed by atoms with Gasteiger partial charge < -0.3 is 10.2 Å². The van der Waals surface area contributed by atoms with Crippen LogP contribution in [0.5, 0.6) is 11.5 Å². The molecule has 2 heteroatoms. The number of hydrogen-bond acceptors (Lipinski definition) is 2. The fourth-order valence-electron chi connectivity index (χ4n) is 1.70. The molecule has 0 aliphatic rings. The van der Waals surface area contributed by atoms with E-state index in [1.165, 1.54) is 0 Å². The second kappa shape index (κ2) is 3.22. The molecule has 0 amide bonds. The van der Waals surface area contributed by atoms with Gasteiger partial charge in [-0.2, -0.15) is 0 Å². The molecule has 0 heterocycles. The van der Waals surface area contributed by atoms with E-state index < -0.39 is 0 Å². The Balaban J connectivity index is 2.81. The molecule has 14 heavy (non-hydrogen) atoms. The summed E-state index contributed by atoms with van der Waals surface area (Å²) < 4.78 is 0. The van der Waals surface area contributed by atoms with Gasteiger partial charge in [-0.1, -0.05) is 13.0 Å². The summed E-state index contributed by atoms with van der Waals surface area (Å²) in [6, 6.07) is 8.61. The number of rotatable bonds is 1. The van der Waals surface area contributed by atoms with Crippen LogP contribution >= 0.6 is 0 Å². The molecule has 0 atom stereocenters. The monoisotopic (exact) mass is 188 g/mol. The number of benzene rings is 2. The van der Waals surface area contributed by atoms with E-state index in [1.54, 1.807) is 24.3 Å². The Morgan fingerprint density at radius 2 is 1.79 bits per heavy atom. The van der Waals surface area contributed by atoms with Crippen LogP contribution in [0.2, 0.25) is 0 Å². The highest BCUT2D eigenvalue weighted by molar-refractivity contribution is 5.88. The van der Waals surface area contributed by atoms with Gasteiger partial charge in [-0.05, 0) is 47.0 Å². The van der Waals surface area contributed by atoms with Gasteiger partial charge in [-0.3, -0.25) is 0 Å². The minimum absolute atomic E-state index is 0.262. The minimum Gasteiger partial charge on any atom is -0.508 e. The molecule has 2 N–H and O–H groups in total. The molecule has 0 bridgehead atoms. The number of hydrogen-bond donors (Lipinski definition) is 2. The van der Waals surface area contributed by atoms with Crippen LogP contribution in [0.4, 0.5) is 0 Å². The summed E-state index contributed by atoms with van der Waals surface area (Å²) in [7, 11) is 0. The zero-order chi connectivity index (χ0) is 10.1. The molecule has 2 rings (SSSR count). The predicted octanol–water partition coefficient (Wildman–Crippen LogP) is 2.81. The number of aromatic hydroxyl groups is 2. The van der Waals surface area contributed by atoms with Gasteiger partial charge in [-0.15, -0.1) is 0 Å². The Bertz CT molecular complexity index is 475. The molecule has 0 aliphatic heterocycles. The topological polar surface area (TPSA) is 40.5 Å². The van der Waals surface area contributed by atoms with Crippen molar-refractivity contribution in [3.63, 3.8) is 0 Å². The zero-order valence-electron chi connectivity index (χ0n) is 7.99. The third-order valence-corrected chi connectivity index (χ3v) is 2.39. The van der Waals surface area contributed by atoms with Gasteiger partial charge in [0.25, 0.3) is 0 Å². The third-order valence-electron chi connectivity index (χ3n) is 2.39. The fraction of sp³-hybridized carbons (Fsp3) is 0.167. The van der Waals surface area contributed by atoms with E-state index in [1.807, 2.05) is 13.0 Å². The van der Waals surface area contributed by atoms with Crippen LogP contribution in [-0.2, 0) is 6.42 Å². The quantitative estimate of drug-likeness (QED) is 0.722. The summed E-state index contributed by atoms with van der Waals surface area (Å²) in [4.78, 5) is 0. The van der Waals surface area contributed by atoms with E-state index in [4.69, 9.17) is 0 Å². The summed E-state index contributed by atoms with van der Waals surface area (Å²) in [5.74, 6) is 0.540. The number of phenols is 2. The van der Waals surface area contributed by atoms with Gasteiger partial charge in [0.1, 0.15) is 11.5 Å². The lowest BCUT2D eigenvalue weighted by Gasteiger charge is -2.05. The first kappa shape index (κ1) is 8.88. The normalized spacial score (nSPS) is 10.6. The Morgan fingerprint density at radius 3 is 2.50 bits per heavy atom. The first-order valence-corrected chi connectivity index (χ1v) is 4.65. The lowest BCUT2D eigenvalue weighted by Crippen LogP contribution is -1.83. The van der Waals surface area contributed by atoms with Gasteiger partial charge in [0.15, 0.2) is 0 Å². The molecule has 0 aromatic heterocycles. The Morgan fingerprint density at radius 1 is 1.00 bits per heavy atom. The van der Waals surface area contributed by atoms with Crippen molar-refractivity contribution in [2.24, 2.45) is 0 Å². The average Bonchev–Trinajstić information content (AvgIpc) is 2.17. The SMILES string of the molecule is CCc1cc(O)cc2ccc(O)cc12. The molecular weight excluding hydrogens is 176 g/mol. The lowest BCUT2D eigenvalue weighted by atomic mass is 10.0. The Hall–Kier alpha value is -1.70. The molecule has 2 aromatic carbocycles. The molecule has 0 saturated heterocycles. The standard InChI is InChI=1S/C12H12O2/c1-2-8-5-11(14)6-9-3-4-10(13)7-12(8)9/h3-7,13-14H,2H2,1H3.